The van der Waals surface area contributed by atoms with Crippen molar-refractivity contribution >= 4 is 22.8 Å². The van der Waals surface area contributed by atoms with Gasteiger partial charge in [-0.1, -0.05) is 66.7 Å². The van der Waals surface area contributed by atoms with Crippen LogP contribution in [0.3, 0.4) is 0 Å². The van der Waals surface area contributed by atoms with Gasteiger partial charge in [-0.3, -0.25) is 4.79 Å². The zero-order chi connectivity index (χ0) is 14.7. The fourth-order valence-corrected chi connectivity index (χ4v) is 2.43. The van der Waals surface area contributed by atoms with Gasteiger partial charge >= 0.3 is 0 Å². The number of carbonyl (C=O) groups excluding carboxylic acids is 1. The molecule has 3 aromatic rings. The van der Waals surface area contributed by atoms with Crippen LogP contribution in [-0.4, -0.2) is 5.91 Å². The third-order valence-electron chi connectivity index (χ3n) is 3.45. The molecule has 0 aromatic heterocycles. The molecular formula is C19H15NO. The number of amides is 1. The number of primary amides is 1. The number of hydrogen-bond acceptors (Lipinski definition) is 1. The molecule has 0 radical (unpaired) electrons. The second kappa shape index (κ2) is 5.63. The minimum absolute atomic E-state index is 0.437. The maximum absolute atomic E-state index is 10.7. The van der Waals surface area contributed by atoms with Crippen LogP contribution in [0, 0.1) is 0 Å². The van der Waals surface area contributed by atoms with Gasteiger partial charge in [-0.05, 0) is 33.5 Å². The topological polar surface area (TPSA) is 43.1 Å². The van der Waals surface area contributed by atoms with E-state index in [1.54, 1.807) is 6.08 Å². The molecule has 0 heterocycles. The van der Waals surface area contributed by atoms with E-state index in [4.69, 9.17) is 5.73 Å². The number of fused-ring (bicyclic) bond motifs is 1. The van der Waals surface area contributed by atoms with Crippen LogP contribution in [0.2, 0.25) is 0 Å². The lowest BCUT2D eigenvalue weighted by Gasteiger charge is -2.07. The molecule has 1 amide bonds. The van der Waals surface area contributed by atoms with Gasteiger partial charge in [-0.25, -0.2) is 0 Å². The molecule has 0 fully saturated rings. The average molecular weight is 273 g/mol. The third kappa shape index (κ3) is 2.84. The Bertz CT molecular complexity index is 811. The van der Waals surface area contributed by atoms with Gasteiger partial charge in [-0.15, -0.1) is 0 Å². The van der Waals surface area contributed by atoms with E-state index in [2.05, 4.69) is 48.5 Å². The third-order valence-corrected chi connectivity index (χ3v) is 3.45. The molecule has 0 atom stereocenters. The van der Waals surface area contributed by atoms with Crippen LogP contribution in [0.25, 0.3) is 28.0 Å². The first kappa shape index (κ1) is 13.1. The molecular weight excluding hydrogens is 258 g/mol. The predicted octanol–water partition coefficient (Wildman–Crippen LogP) is 4.01. The molecule has 2 nitrogen and oxygen atoms in total. The lowest BCUT2D eigenvalue weighted by molar-refractivity contribution is -0.113. The monoisotopic (exact) mass is 273 g/mol. The molecule has 0 spiro atoms. The van der Waals surface area contributed by atoms with Crippen LogP contribution in [0.4, 0.5) is 0 Å². The first-order valence-corrected chi connectivity index (χ1v) is 6.80. The van der Waals surface area contributed by atoms with E-state index in [0.29, 0.717) is 0 Å². The van der Waals surface area contributed by atoms with Crippen molar-refractivity contribution in [2.45, 2.75) is 0 Å². The highest BCUT2D eigenvalue weighted by molar-refractivity contribution is 5.96. The van der Waals surface area contributed by atoms with Crippen LogP contribution in [-0.2, 0) is 4.79 Å². The Morgan fingerprint density at radius 2 is 1.57 bits per heavy atom. The van der Waals surface area contributed by atoms with Gasteiger partial charge in [0, 0.05) is 6.08 Å². The fourth-order valence-electron chi connectivity index (χ4n) is 2.43. The maximum atomic E-state index is 10.7. The molecule has 0 unspecified atom stereocenters. The van der Waals surface area contributed by atoms with Crippen molar-refractivity contribution in [1.82, 2.24) is 0 Å². The molecule has 0 aliphatic rings. The van der Waals surface area contributed by atoms with Crippen molar-refractivity contribution in [3.8, 4) is 11.1 Å². The number of hydrogen-bond donors (Lipinski definition) is 1. The first-order valence-electron chi connectivity index (χ1n) is 6.80. The summed E-state index contributed by atoms with van der Waals surface area (Å²) < 4.78 is 0. The van der Waals surface area contributed by atoms with Crippen molar-refractivity contribution in [3.05, 3.63) is 78.4 Å². The summed E-state index contributed by atoms with van der Waals surface area (Å²) in [5.41, 5.74) is 8.42. The quantitative estimate of drug-likeness (QED) is 0.720. The first-order chi connectivity index (χ1) is 10.2. The van der Waals surface area contributed by atoms with Gasteiger partial charge in [0.1, 0.15) is 0 Å². The number of benzene rings is 3. The Morgan fingerprint density at radius 3 is 2.33 bits per heavy atom. The Kier molecular flexibility index (Phi) is 3.52. The summed E-state index contributed by atoms with van der Waals surface area (Å²) in [5, 5.41) is 2.47. The molecule has 0 aliphatic carbocycles. The zero-order valence-corrected chi connectivity index (χ0v) is 11.5. The van der Waals surface area contributed by atoms with Crippen LogP contribution in [0.1, 0.15) is 5.56 Å². The van der Waals surface area contributed by atoms with E-state index >= 15 is 0 Å². The standard InChI is InChI=1S/C19H15NO/c20-19(21)13-10-14-8-11-16(12-9-14)18-7-3-5-15-4-1-2-6-17(15)18/h1-13H,(H2,20,21)/b13-10-. The van der Waals surface area contributed by atoms with Crippen LogP contribution < -0.4 is 5.73 Å². The van der Waals surface area contributed by atoms with Gasteiger partial charge < -0.3 is 5.73 Å². The predicted molar refractivity (Wildman–Crippen MR) is 87.6 cm³/mol. The van der Waals surface area contributed by atoms with Gasteiger partial charge in [0.05, 0.1) is 0 Å². The molecule has 2 N–H and O–H groups in total. The lowest BCUT2D eigenvalue weighted by Crippen LogP contribution is -2.04. The molecule has 0 saturated carbocycles. The van der Waals surface area contributed by atoms with E-state index in [0.717, 1.165) is 11.1 Å². The van der Waals surface area contributed by atoms with Crippen molar-refractivity contribution in [1.29, 1.82) is 0 Å². The van der Waals surface area contributed by atoms with E-state index in [1.807, 2.05) is 18.2 Å². The Balaban J connectivity index is 2.01. The highest BCUT2D eigenvalue weighted by atomic mass is 16.1. The van der Waals surface area contributed by atoms with Crippen molar-refractivity contribution in [2.75, 3.05) is 0 Å². The van der Waals surface area contributed by atoms with Crippen molar-refractivity contribution < 1.29 is 4.79 Å². The summed E-state index contributed by atoms with van der Waals surface area (Å²) in [6.07, 6.45) is 3.09. The maximum Gasteiger partial charge on any atom is 0.241 e. The van der Waals surface area contributed by atoms with E-state index in [9.17, 15) is 4.79 Å². The molecule has 21 heavy (non-hydrogen) atoms. The molecule has 3 aromatic carbocycles. The summed E-state index contributed by atoms with van der Waals surface area (Å²) in [5.74, 6) is -0.437. The van der Waals surface area contributed by atoms with Crippen LogP contribution >= 0.6 is 0 Å². The van der Waals surface area contributed by atoms with E-state index in [1.165, 1.54) is 22.4 Å². The largest absolute Gasteiger partial charge is 0.366 e. The Morgan fingerprint density at radius 1 is 0.857 bits per heavy atom. The second-order valence-corrected chi connectivity index (χ2v) is 4.88. The summed E-state index contributed by atoms with van der Waals surface area (Å²) in [4.78, 5) is 10.7. The van der Waals surface area contributed by atoms with Crippen LogP contribution in [0.5, 0.6) is 0 Å². The molecule has 0 aliphatic heterocycles. The smallest absolute Gasteiger partial charge is 0.241 e. The minimum Gasteiger partial charge on any atom is -0.366 e. The highest BCUT2D eigenvalue weighted by Gasteiger charge is 2.02. The Hall–Kier alpha value is -2.87. The molecule has 0 bridgehead atoms. The van der Waals surface area contributed by atoms with Crippen molar-refractivity contribution in [3.63, 3.8) is 0 Å². The summed E-state index contributed by atoms with van der Waals surface area (Å²) >= 11 is 0. The van der Waals surface area contributed by atoms with Crippen molar-refractivity contribution in [2.24, 2.45) is 5.73 Å². The highest BCUT2D eigenvalue weighted by Crippen LogP contribution is 2.28. The van der Waals surface area contributed by atoms with Gasteiger partial charge in [0.15, 0.2) is 0 Å². The number of rotatable bonds is 3. The van der Waals surface area contributed by atoms with Gasteiger partial charge in [-0.2, -0.15) is 0 Å². The molecule has 0 saturated heterocycles. The zero-order valence-electron chi connectivity index (χ0n) is 11.5. The van der Waals surface area contributed by atoms with E-state index in [-0.39, 0.29) is 0 Å². The molecule has 2 heteroatoms. The fraction of sp³-hybridized carbons (Fsp3) is 0. The second-order valence-electron chi connectivity index (χ2n) is 4.88. The van der Waals surface area contributed by atoms with Gasteiger partial charge in [0.25, 0.3) is 0 Å². The Labute approximate surface area is 123 Å². The minimum atomic E-state index is -0.437. The summed E-state index contributed by atoms with van der Waals surface area (Å²) in [7, 11) is 0. The summed E-state index contributed by atoms with van der Waals surface area (Å²) in [6, 6.07) is 22.7. The SMILES string of the molecule is NC(=O)/C=C\c1ccc(-c2cccc3ccccc23)cc1. The van der Waals surface area contributed by atoms with Crippen LogP contribution in [0.15, 0.2) is 72.8 Å². The number of nitrogens with two attached hydrogens (primary N) is 1. The molecule has 3 rings (SSSR count). The summed E-state index contributed by atoms with van der Waals surface area (Å²) in [6.45, 7) is 0. The van der Waals surface area contributed by atoms with E-state index < -0.39 is 5.91 Å². The average Bonchev–Trinajstić information content (AvgIpc) is 2.53. The lowest BCUT2D eigenvalue weighted by atomic mass is 9.97. The normalized spacial score (nSPS) is 11.0. The number of carbonyl (C=O) groups is 1. The van der Waals surface area contributed by atoms with Gasteiger partial charge in [0.2, 0.25) is 5.91 Å². The molecule has 102 valence electrons.